The van der Waals surface area contributed by atoms with Crippen molar-refractivity contribution in [2.45, 2.75) is 12.8 Å². The third kappa shape index (κ3) is 6.50. The van der Waals surface area contributed by atoms with Gasteiger partial charge in [0, 0.05) is 40.4 Å². The van der Waals surface area contributed by atoms with Crippen LogP contribution in [0.5, 0.6) is 0 Å². The number of amidine groups is 1. The van der Waals surface area contributed by atoms with Crippen molar-refractivity contribution in [2.24, 2.45) is 16.8 Å². The van der Waals surface area contributed by atoms with Crippen LogP contribution >= 0.6 is 11.6 Å². The summed E-state index contributed by atoms with van der Waals surface area (Å²) < 4.78 is 0. The smallest absolute Gasteiger partial charge is 0.243 e. The number of carbonyl (C=O) groups excluding carboxylic acids is 2. The number of hydrogen-bond donors (Lipinski definition) is 5. The fraction of sp³-hybridized carbons (Fsp3) is 0.174. The van der Waals surface area contributed by atoms with Crippen molar-refractivity contribution in [3.8, 4) is 0 Å². The molecule has 0 saturated carbocycles. The molecule has 1 aliphatic carbocycles. The number of anilines is 1. The number of amides is 1. The predicted octanol–water partition coefficient (Wildman–Crippen LogP) is 3.13. The van der Waals surface area contributed by atoms with E-state index in [1.807, 2.05) is 0 Å². The molecule has 33 heavy (non-hydrogen) atoms. The molecule has 9 nitrogen and oxygen atoms in total. The van der Waals surface area contributed by atoms with E-state index in [0.29, 0.717) is 34.0 Å². The first-order chi connectivity index (χ1) is 15.9. The number of aromatic nitrogens is 1. The summed E-state index contributed by atoms with van der Waals surface area (Å²) in [6.45, 7) is -0.0593. The van der Waals surface area contributed by atoms with Crippen molar-refractivity contribution < 1.29 is 14.8 Å². The van der Waals surface area contributed by atoms with Gasteiger partial charge in [-0.3, -0.25) is 14.6 Å². The number of Topliss-reactive ketones (excluding diaryl/α,β-unsaturated/α-hetero) is 1. The number of nitrogens with zero attached hydrogens (tertiary/aromatic N) is 2. The summed E-state index contributed by atoms with van der Waals surface area (Å²) in [7, 11) is 0. The lowest BCUT2D eigenvalue weighted by Crippen LogP contribution is -2.33. The van der Waals surface area contributed by atoms with Gasteiger partial charge in [-0.1, -0.05) is 35.0 Å². The second kappa shape index (κ2) is 11.1. The summed E-state index contributed by atoms with van der Waals surface area (Å²) in [5, 5.41) is 26.5. The van der Waals surface area contributed by atoms with Gasteiger partial charge in [0.1, 0.15) is 0 Å². The Bertz CT molecular complexity index is 1140. The maximum Gasteiger partial charge on any atom is 0.243 e. The van der Waals surface area contributed by atoms with E-state index >= 15 is 0 Å². The van der Waals surface area contributed by atoms with Gasteiger partial charge in [0.2, 0.25) is 11.7 Å². The Morgan fingerprint density at radius 2 is 2.12 bits per heavy atom. The maximum atomic E-state index is 12.7. The van der Waals surface area contributed by atoms with E-state index in [9.17, 15) is 9.59 Å². The second-order valence-corrected chi connectivity index (χ2v) is 7.78. The number of benzene rings is 1. The van der Waals surface area contributed by atoms with Gasteiger partial charge in [0.05, 0.1) is 24.1 Å². The first-order valence-electron chi connectivity index (χ1n) is 10.1. The lowest BCUT2D eigenvalue weighted by Gasteiger charge is -2.25. The molecule has 1 heterocycles. The van der Waals surface area contributed by atoms with Crippen LogP contribution in [0.3, 0.4) is 0 Å². The fourth-order valence-electron chi connectivity index (χ4n) is 3.33. The third-order valence-electron chi connectivity index (χ3n) is 4.99. The van der Waals surface area contributed by atoms with Crippen molar-refractivity contribution in [1.82, 2.24) is 10.3 Å². The Morgan fingerprint density at radius 1 is 1.30 bits per heavy atom. The van der Waals surface area contributed by atoms with Crippen molar-refractivity contribution in [1.29, 1.82) is 5.41 Å². The zero-order valence-electron chi connectivity index (χ0n) is 17.6. The lowest BCUT2D eigenvalue weighted by atomic mass is 9.86. The number of halogens is 1. The number of rotatable bonds is 9. The number of nitrogens with one attached hydrogen (secondary N) is 3. The van der Waals surface area contributed by atoms with E-state index in [2.05, 4.69) is 20.8 Å². The molecule has 1 unspecified atom stereocenters. The van der Waals surface area contributed by atoms with Crippen LogP contribution in [0.1, 0.15) is 23.2 Å². The summed E-state index contributed by atoms with van der Waals surface area (Å²) in [6, 6.07) is 9.87. The van der Waals surface area contributed by atoms with E-state index in [1.54, 1.807) is 48.7 Å². The minimum atomic E-state index is -0.419. The lowest BCUT2D eigenvalue weighted by molar-refractivity contribution is -0.115. The minimum absolute atomic E-state index is 0.0593. The molecule has 0 saturated heterocycles. The van der Waals surface area contributed by atoms with E-state index in [-0.39, 0.29) is 36.3 Å². The highest BCUT2D eigenvalue weighted by atomic mass is 35.5. The Kier molecular flexibility index (Phi) is 7.93. The van der Waals surface area contributed by atoms with Gasteiger partial charge in [0.15, 0.2) is 5.84 Å². The van der Waals surface area contributed by atoms with Gasteiger partial charge >= 0.3 is 0 Å². The first kappa shape index (κ1) is 23.7. The minimum Gasteiger partial charge on any atom is -0.409 e. The summed E-state index contributed by atoms with van der Waals surface area (Å²) >= 11 is 5.96. The number of pyridine rings is 1. The van der Waals surface area contributed by atoms with Crippen molar-refractivity contribution in [3.05, 3.63) is 82.8 Å². The van der Waals surface area contributed by atoms with Gasteiger partial charge < -0.3 is 27.0 Å². The summed E-state index contributed by atoms with van der Waals surface area (Å²) in [5.41, 5.74) is 7.61. The zero-order chi connectivity index (χ0) is 23.8. The van der Waals surface area contributed by atoms with E-state index in [4.69, 9.17) is 28.0 Å². The quantitative estimate of drug-likeness (QED) is 0.126. The molecule has 1 atom stereocenters. The third-order valence-corrected chi connectivity index (χ3v) is 5.22. The highest BCUT2D eigenvalue weighted by Gasteiger charge is 2.24. The van der Waals surface area contributed by atoms with Gasteiger partial charge in [-0.15, -0.1) is 0 Å². The van der Waals surface area contributed by atoms with Crippen LogP contribution in [0, 0.1) is 11.3 Å². The summed E-state index contributed by atoms with van der Waals surface area (Å²) in [4.78, 5) is 29.0. The standard InChI is InChI=1S/C23H23ClN6O3/c24-17-4-1-3-15(9-17)22(32)19(25)10-14-6-7-16(23(26)30-33)11-20(14)28-13-21(31)29-18-5-2-8-27-12-18/h1-5,7-9,11-12,14,25,28,33H,6,10,13H2,(H2,26,30)(H,29,31). The molecule has 170 valence electrons. The van der Waals surface area contributed by atoms with Crippen LogP contribution < -0.4 is 16.4 Å². The van der Waals surface area contributed by atoms with Crippen LogP contribution in [0.15, 0.2) is 77.4 Å². The average Bonchev–Trinajstić information content (AvgIpc) is 2.83. The van der Waals surface area contributed by atoms with Crippen LogP contribution in [0.2, 0.25) is 5.02 Å². The number of oxime groups is 1. The van der Waals surface area contributed by atoms with Gasteiger partial charge in [0.25, 0.3) is 0 Å². The molecule has 1 aliphatic rings. The van der Waals surface area contributed by atoms with E-state index < -0.39 is 5.78 Å². The molecule has 1 aromatic carbocycles. The number of allylic oxidation sites excluding steroid dienone is 2. The molecular weight excluding hydrogens is 444 g/mol. The molecule has 0 bridgehead atoms. The molecule has 0 radical (unpaired) electrons. The largest absolute Gasteiger partial charge is 0.409 e. The zero-order valence-corrected chi connectivity index (χ0v) is 18.3. The Balaban J connectivity index is 1.70. The number of ketones is 1. The Hall–Kier alpha value is -3.98. The van der Waals surface area contributed by atoms with Crippen molar-refractivity contribution in [2.75, 3.05) is 11.9 Å². The number of carbonyl (C=O) groups is 2. The molecule has 1 amide bonds. The van der Waals surface area contributed by atoms with Crippen LogP contribution in [-0.2, 0) is 4.79 Å². The number of nitrogens with two attached hydrogens (primary N) is 1. The molecule has 2 aromatic rings. The van der Waals surface area contributed by atoms with Gasteiger partial charge in [-0.2, -0.15) is 0 Å². The monoisotopic (exact) mass is 466 g/mol. The maximum absolute atomic E-state index is 12.7. The topological polar surface area (TPSA) is 154 Å². The molecule has 10 heteroatoms. The molecular formula is C23H23ClN6O3. The van der Waals surface area contributed by atoms with Crippen LogP contribution in [0.25, 0.3) is 0 Å². The van der Waals surface area contributed by atoms with E-state index in [1.165, 1.54) is 12.3 Å². The highest BCUT2D eigenvalue weighted by molar-refractivity contribution is 6.45. The second-order valence-electron chi connectivity index (χ2n) is 7.34. The molecule has 3 rings (SSSR count). The van der Waals surface area contributed by atoms with Crippen molar-refractivity contribution >= 4 is 40.5 Å². The van der Waals surface area contributed by atoms with Gasteiger partial charge in [-0.05, 0) is 36.8 Å². The van der Waals surface area contributed by atoms with Crippen molar-refractivity contribution in [3.63, 3.8) is 0 Å². The highest BCUT2D eigenvalue weighted by Crippen LogP contribution is 2.26. The average molecular weight is 467 g/mol. The fourth-order valence-corrected chi connectivity index (χ4v) is 3.52. The molecule has 0 fully saturated rings. The molecule has 0 spiro atoms. The summed E-state index contributed by atoms with van der Waals surface area (Å²) in [5.74, 6) is -1.07. The predicted molar refractivity (Wildman–Crippen MR) is 127 cm³/mol. The SMILES string of the molecule is N=C(CC1CC=C(/C(N)=N/O)C=C1NCC(=O)Nc1cccnc1)C(=O)c1cccc(Cl)c1. The van der Waals surface area contributed by atoms with E-state index in [0.717, 1.165) is 0 Å². The van der Waals surface area contributed by atoms with Crippen LogP contribution in [-0.4, -0.2) is 40.0 Å². The van der Waals surface area contributed by atoms with Gasteiger partial charge in [-0.25, -0.2) is 0 Å². The molecule has 6 N–H and O–H groups in total. The Labute approximate surface area is 195 Å². The number of hydrogen-bond acceptors (Lipinski definition) is 7. The normalized spacial score (nSPS) is 15.8. The Morgan fingerprint density at radius 3 is 2.82 bits per heavy atom. The van der Waals surface area contributed by atoms with Crippen LogP contribution in [0.4, 0.5) is 5.69 Å². The molecule has 0 aliphatic heterocycles. The summed E-state index contributed by atoms with van der Waals surface area (Å²) in [6.07, 6.45) is 7.11. The first-order valence-corrected chi connectivity index (χ1v) is 10.5. The molecule has 1 aromatic heterocycles.